The Balaban J connectivity index is 2.44. The van der Waals surface area contributed by atoms with Crippen LogP contribution >= 0.6 is 0 Å². The molecule has 2 aromatic rings. The van der Waals surface area contributed by atoms with Gasteiger partial charge in [-0.15, -0.1) is 0 Å². The van der Waals surface area contributed by atoms with Gasteiger partial charge in [0.25, 0.3) is 0 Å². The second-order valence-corrected chi connectivity index (χ2v) is 5.10. The molecular formula is C13H13F2Si. The number of hydrogen-bond donors (Lipinski definition) is 0. The van der Waals surface area contributed by atoms with Crippen LogP contribution in [0.2, 0.25) is 6.04 Å². The Morgan fingerprint density at radius 3 is 2.50 bits per heavy atom. The van der Waals surface area contributed by atoms with E-state index in [1.165, 1.54) is 0 Å². The lowest BCUT2D eigenvalue weighted by Crippen LogP contribution is -2.03. The fraction of sp³-hybridized carbons (Fsp3) is 0.231. The minimum atomic E-state index is -3.15. The molecule has 0 saturated carbocycles. The Morgan fingerprint density at radius 1 is 1.06 bits per heavy atom. The van der Waals surface area contributed by atoms with E-state index < -0.39 is 9.46 Å². The molecule has 0 aliphatic rings. The van der Waals surface area contributed by atoms with Crippen LogP contribution in [0, 0.1) is 0 Å². The number of fused-ring (bicyclic) bond motifs is 1. The summed E-state index contributed by atoms with van der Waals surface area (Å²) < 4.78 is 24.9. The predicted octanol–water partition coefficient (Wildman–Crippen LogP) is 4.37. The maximum atomic E-state index is 12.5. The maximum absolute atomic E-state index is 12.5. The molecule has 0 aliphatic carbocycles. The number of halogens is 2. The van der Waals surface area contributed by atoms with Crippen LogP contribution in [-0.4, -0.2) is 9.46 Å². The van der Waals surface area contributed by atoms with E-state index in [-0.39, 0.29) is 12.0 Å². The Kier molecular flexibility index (Phi) is 3.34. The molecule has 2 rings (SSSR count). The molecule has 1 atom stereocenters. The van der Waals surface area contributed by atoms with Gasteiger partial charge in [0.05, 0.1) is 0 Å². The first-order valence-electron chi connectivity index (χ1n) is 5.33. The van der Waals surface area contributed by atoms with Gasteiger partial charge < -0.3 is 0 Å². The Hall–Kier alpha value is -1.22. The molecule has 16 heavy (non-hydrogen) atoms. The average molecular weight is 235 g/mol. The van der Waals surface area contributed by atoms with Crippen LogP contribution in [0.4, 0.5) is 8.22 Å². The van der Waals surface area contributed by atoms with Crippen LogP contribution in [0.1, 0.15) is 18.4 Å². The SMILES string of the molecule is CC(C[Si](F)F)c1cccc2ccccc12. The zero-order chi connectivity index (χ0) is 11.5. The highest BCUT2D eigenvalue weighted by atomic mass is 28.4. The highest BCUT2D eigenvalue weighted by Gasteiger charge is 2.18. The van der Waals surface area contributed by atoms with Crippen LogP contribution < -0.4 is 0 Å². The van der Waals surface area contributed by atoms with E-state index >= 15 is 0 Å². The van der Waals surface area contributed by atoms with E-state index in [4.69, 9.17) is 0 Å². The summed E-state index contributed by atoms with van der Waals surface area (Å²) in [5.74, 6) is -0.0602. The summed E-state index contributed by atoms with van der Waals surface area (Å²) in [5, 5.41) is 2.22. The fourth-order valence-corrected chi connectivity index (χ4v) is 2.70. The number of hydrogen-bond acceptors (Lipinski definition) is 0. The molecule has 1 unspecified atom stereocenters. The second-order valence-electron chi connectivity index (χ2n) is 4.01. The van der Waals surface area contributed by atoms with Crippen molar-refractivity contribution in [1.82, 2.24) is 0 Å². The van der Waals surface area contributed by atoms with Crippen molar-refractivity contribution in [2.45, 2.75) is 18.9 Å². The van der Waals surface area contributed by atoms with Gasteiger partial charge in [0.1, 0.15) is 0 Å². The van der Waals surface area contributed by atoms with E-state index in [9.17, 15) is 8.22 Å². The van der Waals surface area contributed by atoms with Gasteiger partial charge in [-0.05, 0) is 22.3 Å². The molecule has 3 heteroatoms. The normalized spacial score (nSPS) is 13.2. The summed E-state index contributed by atoms with van der Waals surface area (Å²) in [6, 6.07) is 13.9. The molecule has 1 radical (unpaired) electrons. The molecule has 0 saturated heterocycles. The lowest BCUT2D eigenvalue weighted by Gasteiger charge is -2.13. The van der Waals surface area contributed by atoms with Gasteiger partial charge in [0.2, 0.25) is 0 Å². The minimum absolute atomic E-state index is 0.0265. The largest absolute Gasteiger partial charge is 0.477 e. The van der Waals surface area contributed by atoms with E-state index in [1.54, 1.807) is 0 Å². The smallest absolute Gasteiger partial charge is 0.268 e. The van der Waals surface area contributed by atoms with Crippen LogP contribution in [0.25, 0.3) is 10.8 Å². The molecule has 0 aliphatic heterocycles. The number of rotatable bonds is 3. The minimum Gasteiger partial charge on any atom is -0.268 e. The monoisotopic (exact) mass is 235 g/mol. The average Bonchev–Trinajstić information content (AvgIpc) is 2.27. The molecule has 0 heterocycles. The molecule has 0 amide bonds. The number of benzene rings is 2. The van der Waals surface area contributed by atoms with E-state index in [0.29, 0.717) is 0 Å². The standard InChI is InChI=1S/C13H13F2Si/c1-10(9-16(14)15)12-8-4-6-11-5-2-3-7-13(11)12/h2-8,10H,9H2,1H3. The van der Waals surface area contributed by atoms with Crippen molar-refractivity contribution in [1.29, 1.82) is 0 Å². The maximum Gasteiger partial charge on any atom is 0.477 e. The zero-order valence-electron chi connectivity index (χ0n) is 9.08. The molecule has 0 nitrogen and oxygen atoms in total. The summed E-state index contributed by atoms with van der Waals surface area (Å²) in [4.78, 5) is 0. The second kappa shape index (κ2) is 4.74. The highest BCUT2D eigenvalue weighted by molar-refractivity contribution is 6.42. The van der Waals surface area contributed by atoms with Crippen LogP contribution in [0.5, 0.6) is 0 Å². The molecule has 0 fully saturated rings. The predicted molar refractivity (Wildman–Crippen MR) is 65.1 cm³/mol. The zero-order valence-corrected chi connectivity index (χ0v) is 10.1. The molecular weight excluding hydrogens is 222 g/mol. The van der Waals surface area contributed by atoms with E-state index in [2.05, 4.69) is 0 Å². The van der Waals surface area contributed by atoms with E-state index in [1.807, 2.05) is 49.4 Å². The molecule has 2 aromatic carbocycles. The molecule has 0 aromatic heterocycles. The summed E-state index contributed by atoms with van der Waals surface area (Å²) in [6.07, 6.45) is 0. The van der Waals surface area contributed by atoms with Crippen molar-refractivity contribution < 1.29 is 8.22 Å². The summed E-state index contributed by atoms with van der Waals surface area (Å²) in [5.41, 5.74) is 1.04. The van der Waals surface area contributed by atoms with Crippen LogP contribution in [0.15, 0.2) is 42.5 Å². The first-order chi connectivity index (χ1) is 7.68. The Bertz CT molecular complexity index is 477. The molecule has 0 spiro atoms. The van der Waals surface area contributed by atoms with Gasteiger partial charge in [-0.25, -0.2) is 0 Å². The van der Waals surface area contributed by atoms with Crippen LogP contribution in [0.3, 0.4) is 0 Å². The van der Waals surface area contributed by atoms with Gasteiger partial charge in [-0.2, -0.15) is 0 Å². The van der Waals surface area contributed by atoms with Crippen molar-refractivity contribution in [2.24, 2.45) is 0 Å². The Morgan fingerprint density at radius 2 is 1.75 bits per heavy atom. The first-order valence-corrected chi connectivity index (χ1v) is 6.79. The molecule has 0 N–H and O–H groups in total. The highest BCUT2D eigenvalue weighted by Crippen LogP contribution is 2.29. The van der Waals surface area contributed by atoms with Crippen LogP contribution in [-0.2, 0) is 0 Å². The first kappa shape index (κ1) is 11.3. The van der Waals surface area contributed by atoms with Crippen molar-refractivity contribution in [3.05, 3.63) is 48.0 Å². The summed E-state index contributed by atoms with van der Waals surface area (Å²) in [7, 11) is -3.15. The summed E-state index contributed by atoms with van der Waals surface area (Å²) in [6.45, 7) is 1.88. The van der Waals surface area contributed by atoms with Gasteiger partial charge in [0, 0.05) is 6.04 Å². The van der Waals surface area contributed by atoms with Crippen molar-refractivity contribution in [3.63, 3.8) is 0 Å². The molecule has 83 valence electrons. The lowest BCUT2D eigenvalue weighted by atomic mass is 9.96. The fourth-order valence-electron chi connectivity index (χ4n) is 2.02. The van der Waals surface area contributed by atoms with Crippen molar-refractivity contribution >= 4 is 20.2 Å². The van der Waals surface area contributed by atoms with Crippen molar-refractivity contribution in [3.8, 4) is 0 Å². The summed E-state index contributed by atoms with van der Waals surface area (Å²) >= 11 is 0. The van der Waals surface area contributed by atoms with Gasteiger partial charge in [0.15, 0.2) is 0 Å². The lowest BCUT2D eigenvalue weighted by molar-refractivity contribution is 0.631. The van der Waals surface area contributed by atoms with E-state index in [0.717, 1.165) is 16.3 Å². The third kappa shape index (κ3) is 2.30. The Labute approximate surface area is 95.9 Å². The molecule has 0 bridgehead atoms. The van der Waals surface area contributed by atoms with Gasteiger partial charge in [-0.1, -0.05) is 49.4 Å². The quantitative estimate of drug-likeness (QED) is 0.547. The van der Waals surface area contributed by atoms with Gasteiger partial charge in [-0.3, -0.25) is 8.22 Å². The van der Waals surface area contributed by atoms with Crippen molar-refractivity contribution in [2.75, 3.05) is 0 Å². The van der Waals surface area contributed by atoms with Gasteiger partial charge >= 0.3 is 9.46 Å². The third-order valence-electron chi connectivity index (χ3n) is 2.81. The third-order valence-corrected chi connectivity index (χ3v) is 3.74. The topological polar surface area (TPSA) is 0 Å².